The third-order valence-electron chi connectivity index (χ3n) is 1.52. The van der Waals surface area contributed by atoms with Crippen LogP contribution in [0, 0.1) is 6.92 Å². The molecule has 3 heteroatoms. The minimum absolute atomic E-state index is 0.807. The molecule has 0 bridgehead atoms. The summed E-state index contributed by atoms with van der Waals surface area (Å²) in [5, 5.41) is 3.79. The topological polar surface area (TPSA) is 12.9 Å². The van der Waals surface area contributed by atoms with Crippen LogP contribution < -0.4 is 0 Å². The molecule has 2 heterocycles. The molecular formula is C8H6ClNS. The molecule has 0 atom stereocenters. The van der Waals surface area contributed by atoms with Crippen molar-refractivity contribution in [2.75, 3.05) is 0 Å². The SMILES string of the molecule is Cc1cnc2scc(Cl)c2c1. The summed E-state index contributed by atoms with van der Waals surface area (Å²) in [6, 6.07) is 2.06. The van der Waals surface area contributed by atoms with E-state index in [9.17, 15) is 0 Å². The van der Waals surface area contributed by atoms with Crippen LogP contribution >= 0.6 is 22.9 Å². The van der Waals surface area contributed by atoms with E-state index in [4.69, 9.17) is 11.6 Å². The lowest BCUT2D eigenvalue weighted by molar-refractivity contribution is 1.35. The average Bonchev–Trinajstić information content (AvgIpc) is 2.33. The van der Waals surface area contributed by atoms with Crippen molar-refractivity contribution in [1.82, 2.24) is 4.98 Å². The Morgan fingerprint density at radius 1 is 1.55 bits per heavy atom. The summed E-state index contributed by atoms with van der Waals surface area (Å²) in [6.07, 6.45) is 1.86. The molecule has 2 aromatic heterocycles. The normalized spacial score (nSPS) is 10.7. The molecule has 0 radical (unpaired) electrons. The second-order valence-electron chi connectivity index (χ2n) is 2.45. The highest BCUT2D eigenvalue weighted by molar-refractivity contribution is 7.17. The zero-order valence-corrected chi connectivity index (χ0v) is 7.54. The van der Waals surface area contributed by atoms with Crippen molar-refractivity contribution in [2.24, 2.45) is 0 Å². The Bertz CT molecular complexity index is 394. The van der Waals surface area contributed by atoms with Gasteiger partial charge in [0.05, 0.1) is 5.02 Å². The molecule has 0 N–H and O–H groups in total. The Balaban J connectivity index is 2.87. The Morgan fingerprint density at radius 3 is 3.18 bits per heavy atom. The van der Waals surface area contributed by atoms with Crippen LogP contribution in [0.3, 0.4) is 0 Å². The van der Waals surface area contributed by atoms with Gasteiger partial charge in [0.15, 0.2) is 0 Å². The molecule has 0 amide bonds. The number of aryl methyl sites for hydroxylation is 1. The van der Waals surface area contributed by atoms with Crippen LogP contribution in [0.15, 0.2) is 17.6 Å². The lowest BCUT2D eigenvalue weighted by atomic mass is 10.2. The summed E-state index contributed by atoms with van der Waals surface area (Å²) in [4.78, 5) is 5.25. The minimum Gasteiger partial charge on any atom is -0.245 e. The van der Waals surface area contributed by atoms with Gasteiger partial charge in [0, 0.05) is 17.0 Å². The largest absolute Gasteiger partial charge is 0.245 e. The standard InChI is InChI=1S/C8H6ClNS/c1-5-2-6-7(9)4-11-8(6)10-3-5/h2-4H,1H3. The molecule has 0 spiro atoms. The van der Waals surface area contributed by atoms with Gasteiger partial charge in [-0.2, -0.15) is 0 Å². The zero-order chi connectivity index (χ0) is 7.84. The highest BCUT2D eigenvalue weighted by atomic mass is 35.5. The van der Waals surface area contributed by atoms with E-state index in [-0.39, 0.29) is 0 Å². The molecule has 2 aromatic rings. The quantitative estimate of drug-likeness (QED) is 0.611. The second-order valence-corrected chi connectivity index (χ2v) is 3.71. The number of rotatable bonds is 0. The fourth-order valence-corrected chi connectivity index (χ4v) is 2.08. The van der Waals surface area contributed by atoms with Gasteiger partial charge in [0.2, 0.25) is 0 Å². The van der Waals surface area contributed by atoms with E-state index in [0.29, 0.717) is 0 Å². The minimum atomic E-state index is 0.807. The van der Waals surface area contributed by atoms with Gasteiger partial charge in [0.25, 0.3) is 0 Å². The Kier molecular flexibility index (Phi) is 1.59. The number of aromatic nitrogens is 1. The first-order chi connectivity index (χ1) is 5.27. The van der Waals surface area contributed by atoms with Crippen molar-refractivity contribution >= 4 is 33.2 Å². The predicted octanol–water partition coefficient (Wildman–Crippen LogP) is 3.26. The van der Waals surface area contributed by atoms with Crippen molar-refractivity contribution in [3.05, 3.63) is 28.2 Å². The lowest BCUT2D eigenvalue weighted by Crippen LogP contribution is -1.74. The molecule has 2 rings (SSSR count). The summed E-state index contributed by atoms with van der Waals surface area (Å²) < 4.78 is 0. The molecule has 1 nitrogen and oxygen atoms in total. The molecule has 56 valence electrons. The Labute approximate surface area is 73.6 Å². The predicted molar refractivity (Wildman–Crippen MR) is 49.4 cm³/mol. The van der Waals surface area contributed by atoms with Crippen LogP contribution in [-0.4, -0.2) is 4.98 Å². The Hall–Kier alpha value is -0.600. The number of thiophene rings is 1. The smallest absolute Gasteiger partial charge is 0.124 e. The highest BCUT2D eigenvalue weighted by Crippen LogP contribution is 2.28. The molecular weight excluding hydrogens is 178 g/mol. The van der Waals surface area contributed by atoms with Gasteiger partial charge in [-0.1, -0.05) is 11.6 Å². The molecule has 0 aliphatic carbocycles. The summed E-state index contributed by atoms with van der Waals surface area (Å²) in [5.41, 5.74) is 1.15. The Morgan fingerprint density at radius 2 is 2.36 bits per heavy atom. The van der Waals surface area contributed by atoms with Crippen LogP contribution in [0.25, 0.3) is 10.2 Å². The van der Waals surface area contributed by atoms with Crippen LogP contribution in [0.1, 0.15) is 5.56 Å². The van der Waals surface area contributed by atoms with Crippen LogP contribution in [0.4, 0.5) is 0 Å². The van der Waals surface area contributed by atoms with Crippen molar-refractivity contribution < 1.29 is 0 Å². The zero-order valence-electron chi connectivity index (χ0n) is 5.97. The summed E-state index contributed by atoms with van der Waals surface area (Å²) in [6.45, 7) is 2.01. The van der Waals surface area contributed by atoms with Crippen molar-refractivity contribution in [3.63, 3.8) is 0 Å². The van der Waals surface area contributed by atoms with Gasteiger partial charge in [0.1, 0.15) is 4.83 Å². The molecule has 0 fully saturated rings. The number of hydrogen-bond acceptors (Lipinski definition) is 2. The van der Waals surface area contributed by atoms with E-state index < -0.39 is 0 Å². The summed E-state index contributed by atoms with van der Waals surface area (Å²) >= 11 is 7.49. The average molecular weight is 184 g/mol. The van der Waals surface area contributed by atoms with E-state index >= 15 is 0 Å². The summed E-state index contributed by atoms with van der Waals surface area (Å²) in [7, 11) is 0. The molecule has 0 aromatic carbocycles. The van der Waals surface area contributed by atoms with E-state index in [0.717, 1.165) is 20.8 Å². The van der Waals surface area contributed by atoms with Crippen LogP contribution in [0.5, 0.6) is 0 Å². The number of fused-ring (bicyclic) bond motifs is 1. The maximum absolute atomic E-state index is 5.91. The number of nitrogens with zero attached hydrogens (tertiary/aromatic N) is 1. The molecule has 0 unspecified atom stereocenters. The van der Waals surface area contributed by atoms with E-state index in [1.807, 2.05) is 18.5 Å². The first kappa shape index (κ1) is 7.07. The number of halogens is 1. The maximum Gasteiger partial charge on any atom is 0.124 e. The maximum atomic E-state index is 5.91. The number of pyridine rings is 1. The van der Waals surface area contributed by atoms with Gasteiger partial charge < -0.3 is 0 Å². The van der Waals surface area contributed by atoms with E-state index in [1.54, 1.807) is 11.3 Å². The van der Waals surface area contributed by atoms with Gasteiger partial charge in [-0.05, 0) is 18.6 Å². The van der Waals surface area contributed by atoms with Crippen molar-refractivity contribution in [3.8, 4) is 0 Å². The van der Waals surface area contributed by atoms with Gasteiger partial charge in [-0.25, -0.2) is 4.98 Å². The number of hydrogen-bond donors (Lipinski definition) is 0. The molecule has 11 heavy (non-hydrogen) atoms. The van der Waals surface area contributed by atoms with E-state index in [2.05, 4.69) is 11.1 Å². The molecule has 0 aliphatic rings. The van der Waals surface area contributed by atoms with Gasteiger partial charge >= 0.3 is 0 Å². The fraction of sp³-hybridized carbons (Fsp3) is 0.125. The third-order valence-corrected chi connectivity index (χ3v) is 2.86. The molecule has 0 saturated heterocycles. The second kappa shape index (κ2) is 2.47. The molecule has 0 saturated carbocycles. The van der Waals surface area contributed by atoms with Crippen molar-refractivity contribution in [2.45, 2.75) is 6.92 Å². The fourth-order valence-electron chi connectivity index (χ4n) is 0.993. The third kappa shape index (κ3) is 1.12. The highest BCUT2D eigenvalue weighted by Gasteiger charge is 2.01. The first-order valence-corrected chi connectivity index (χ1v) is 4.52. The van der Waals surface area contributed by atoms with Crippen LogP contribution in [-0.2, 0) is 0 Å². The van der Waals surface area contributed by atoms with Gasteiger partial charge in [-0.15, -0.1) is 11.3 Å². The monoisotopic (exact) mass is 183 g/mol. The van der Waals surface area contributed by atoms with E-state index in [1.165, 1.54) is 0 Å². The molecule has 0 aliphatic heterocycles. The summed E-state index contributed by atoms with van der Waals surface area (Å²) in [5.74, 6) is 0. The van der Waals surface area contributed by atoms with Gasteiger partial charge in [-0.3, -0.25) is 0 Å². The van der Waals surface area contributed by atoms with Crippen molar-refractivity contribution in [1.29, 1.82) is 0 Å². The first-order valence-electron chi connectivity index (χ1n) is 3.27. The lowest BCUT2D eigenvalue weighted by Gasteiger charge is -1.91. The van der Waals surface area contributed by atoms with Crippen LogP contribution in [0.2, 0.25) is 5.02 Å².